The Hall–Kier alpha value is -2.44. The minimum absolute atomic E-state index is 0.0218. The van der Waals surface area contributed by atoms with Gasteiger partial charge in [0.2, 0.25) is 0 Å². The number of esters is 2. The fourth-order valence-corrected chi connectivity index (χ4v) is 1.73. The maximum absolute atomic E-state index is 12.1. The minimum Gasteiger partial charge on any atom is -0.466 e. The molecule has 0 fully saturated rings. The summed E-state index contributed by atoms with van der Waals surface area (Å²) >= 11 is 0. The predicted molar refractivity (Wildman–Crippen MR) is 78.0 cm³/mol. The van der Waals surface area contributed by atoms with E-state index in [0.29, 0.717) is 5.56 Å². The number of carbonyl (C=O) groups is 3. The van der Waals surface area contributed by atoms with Gasteiger partial charge in [0.15, 0.2) is 0 Å². The molecule has 1 amide bonds. The molecule has 1 aromatic heterocycles. The average Bonchev–Trinajstić information content (AvgIpc) is 2.52. The van der Waals surface area contributed by atoms with Crippen molar-refractivity contribution in [1.82, 2.24) is 10.3 Å². The second kappa shape index (κ2) is 9.49. The molecule has 1 N–H and O–H groups in total. The maximum atomic E-state index is 12.1. The van der Waals surface area contributed by atoms with E-state index >= 15 is 0 Å². The van der Waals surface area contributed by atoms with E-state index in [9.17, 15) is 14.4 Å². The first-order chi connectivity index (χ1) is 10.6. The van der Waals surface area contributed by atoms with Crippen molar-refractivity contribution in [3.63, 3.8) is 0 Å². The van der Waals surface area contributed by atoms with Crippen LogP contribution in [0.1, 0.15) is 37.0 Å². The Morgan fingerprint density at radius 1 is 1.14 bits per heavy atom. The highest BCUT2D eigenvalue weighted by Gasteiger charge is 2.23. The van der Waals surface area contributed by atoms with Crippen molar-refractivity contribution >= 4 is 17.8 Å². The smallest absolute Gasteiger partial charge is 0.328 e. The van der Waals surface area contributed by atoms with Crippen molar-refractivity contribution in [1.29, 1.82) is 0 Å². The molecule has 7 heteroatoms. The molecule has 0 aliphatic rings. The van der Waals surface area contributed by atoms with Crippen LogP contribution in [0.25, 0.3) is 0 Å². The molecule has 0 saturated carbocycles. The second-order valence-corrected chi connectivity index (χ2v) is 4.36. The van der Waals surface area contributed by atoms with E-state index < -0.39 is 23.9 Å². The molecule has 7 nitrogen and oxygen atoms in total. The number of nitrogens with zero attached hydrogens (tertiary/aromatic N) is 1. The van der Waals surface area contributed by atoms with Crippen molar-refractivity contribution in [3.05, 3.63) is 30.1 Å². The zero-order chi connectivity index (χ0) is 16.4. The van der Waals surface area contributed by atoms with Crippen LogP contribution in [0.3, 0.4) is 0 Å². The Morgan fingerprint density at radius 3 is 2.36 bits per heavy atom. The Kier molecular flexibility index (Phi) is 7.60. The summed E-state index contributed by atoms with van der Waals surface area (Å²) in [6.07, 6.45) is 3.10. The first-order valence-electron chi connectivity index (χ1n) is 7.11. The van der Waals surface area contributed by atoms with E-state index in [1.807, 2.05) is 0 Å². The Balaban J connectivity index is 2.67. The predicted octanol–water partition coefficient (Wildman–Crippen LogP) is 1.09. The molecule has 120 valence electrons. The number of hydrogen-bond donors (Lipinski definition) is 1. The zero-order valence-corrected chi connectivity index (χ0v) is 12.7. The Labute approximate surface area is 129 Å². The Bertz CT molecular complexity index is 504. The summed E-state index contributed by atoms with van der Waals surface area (Å²) in [7, 11) is 0. The summed E-state index contributed by atoms with van der Waals surface area (Å²) in [6, 6.07) is 2.16. The monoisotopic (exact) mass is 308 g/mol. The molecule has 0 bridgehead atoms. The lowest BCUT2D eigenvalue weighted by Crippen LogP contribution is -2.42. The quantitative estimate of drug-likeness (QED) is 0.722. The third kappa shape index (κ3) is 5.90. The zero-order valence-electron chi connectivity index (χ0n) is 12.7. The summed E-state index contributed by atoms with van der Waals surface area (Å²) in [5.74, 6) is -1.42. The van der Waals surface area contributed by atoms with Gasteiger partial charge in [-0.25, -0.2) is 4.79 Å². The standard InChI is InChI=1S/C15H20N2O5/c1-3-21-13(18)6-5-12(15(20)22-4-2)17-14(19)11-7-9-16-10-8-11/h7-10,12H,3-6H2,1-2H3,(H,17,19). The van der Waals surface area contributed by atoms with Crippen molar-refractivity contribution in [3.8, 4) is 0 Å². The van der Waals surface area contributed by atoms with Gasteiger partial charge in [-0.1, -0.05) is 0 Å². The number of ether oxygens (including phenoxy) is 2. The van der Waals surface area contributed by atoms with Crippen LogP contribution in [-0.2, 0) is 19.1 Å². The summed E-state index contributed by atoms with van der Waals surface area (Å²) in [6.45, 7) is 3.84. The third-order valence-electron chi connectivity index (χ3n) is 2.76. The number of hydrogen-bond acceptors (Lipinski definition) is 6. The van der Waals surface area contributed by atoms with E-state index in [0.717, 1.165) is 0 Å². The molecule has 1 atom stereocenters. The molecule has 0 spiro atoms. The van der Waals surface area contributed by atoms with E-state index in [2.05, 4.69) is 10.3 Å². The van der Waals surface area contributed by atoms with Gasteiger partial charge in [0.05, 0.1) is 13.2 Å². The number of carbonyl (C=O) groups excluding carboxylic acids is 3. The molecular weight excluding hydrogens is 288 g/mol. The number of amides is 1. The van der Waals surface area contributed by atoms with Crippen LogP contribution in [0.2, 0.25) is 0 Å². The molecule has 1 unspecified atom stereocenters. The normalized spacial score (nSPS) is 11.4. The first kappa shape index (κ1) is 17.6. The van der Waals surface area contributed by atoms with Crippen LogP contribution in [0.5, 0.6) is 0 Å². The molecule has 22 heavy (non-hydrogen) atoms. The molecule has 1 aromatic rings. The second-order valence-electron chi connectivity index (χ2n) is 4.36. The van der Waals surface area contributed by atoms with E-state index in [1.165, 1.54) is 24.5 Å². The fourth-order valence-electron chi connectivity index (χ4n) is 1.73. The van der Waals surface area contributed by atoms with Crippen LogP contribution >= 0.6 is 0 Å². The molecule has 1 rings (SSSR count). The minimum atomic E-state index is -0.898. The summed E-state index contributed by atoms with van der Waals surface area (Å²) in [4.78, 5) is 39.2. The average molecular weight is 308 g/mol. The van der Waals surface area contributed by atoms with Gasteiger partial charge in [0.1, 0.15) is 6.04 Å². The Morgan fingerprint density at radius 2 is 1.77 bits per heavy atom. The van der Waals surface area contributed by atoms with Crippen LogP contribution in [0.15, 0.2) is 24.5 Å². The van der Waals surface area contributed by atoms with Crippen molar-refractivity contribution < 1.29 is 23.9 Å². The molecular formula is C15H20N2O5. The van der Waals surface area contributed by atoms with Gasteiger partial charge in [0, 0.05) is 24.4 Å². The molecule has 1 heterocycles. The number of rotatable bonds is 8. The lowest BCUT2D eigenvalue weighted by Gasteiger charge is -2.17. The third-order valence-corrected chi connectivity index (χ3v) is 2.76. The van der Waals surface area contributed by atoms with Gasteiger partial charge < -0.3 is 14.8 Å². The lowest BCUT2D eigenvalue weighted by molar-refractivity contribution is -0.146. The topological polar surface area (TPSA) is 94.6 Å². The molecule has 0 aliphatic heterocycles. The highest BCUT2D eigenvalue weighted by molar-refractivity contribution is 5.96. The molecule has 0 saturated heterocycles. The van der Waals surface area contributed by atoms with Crippen molar-refractivity contribution in [2.75, 3.05) is 13.2 Å². The summed E-state index contributed by atoms with van der Waals surface area (Å²) < 4.78 is 9.72. The van der Waals surface area contributed by atoms with Crippen LogP contribution < -0.4 is 5.32 Å². The maximum Gasteiger partial charge on any atom is 0.328 e. The number of aromatic nitrogens is 1. The molecule has 0 aliphatic carbocycles. The van der Waals surface area contributed by atoms with E-state index in [-0.39, 0.29) is 26.1 Å². The molecule has 0 radical (unpaired) electrons. The van der Waals surface area contributed by atoms with Crippen molar-refractivity contribution in [2.45, 2.75) is 32.7 Å². The van der Waals surface area contributed by atoms with E-state index in [1.54, 1.807) is 13.8 Å². The number of pyridine rings is 1. The lowest BCUT2D eigenvalue weighted by atomic mass is 10.1. The highest BCUT2D eigenvalue weighted by Crippen LogP contribution is 2.05. The fraction of sp³-hybridized carbons (Fsp3) is 0.467. The molecule has 0 aromatic carbocycles. The van der Waals surface area contributed by atoms with Crippen LogP contribution in [0.4, 0.5) is 0 Å². The van der Waals surface area contributed by atoms with Crippen LogP contribution in [-0.4, -0.2) is 42.1 Å². The largest absolute Gasteiger partial charge is 0.466 e. The number of nitrogens with one attached hydrogen (secondary N) is 1. The van der Waals surface area contributed by atoms with Gasteiger partial charge in [-0.05, 0) is 32.4 Å². The van der Waals surface area contributed by atoms with Gasteiger partial charge in [-0.3, -0.25) is 14.6 Å². The summed E-state index contributed by atoms with van der Waals surface area (Å²) in [5, 5.41) is 2.57. The SMILES string of the molecule is CCOC(=O)CCC(NC(=O)c1ccncc1)C(=O)OCC. The van der Waals surface area contributed by atoms with Crippen molar-refractivity contribution in [2.24, 2.45) is 0 Å². The highest BCUT2D eigenvalue weighted by atomic mass is 16.5. The van der Waals surface area contributed by atoms with Gasteiger partial charge in [0.25, 0.3) is 5.91 Å². The van der Waals surface area contributed by atoms with Crippen LogP contribution in [0, 0.1) is 0 Å². The first-order valence-corrected chi connectivity index (χ1v) is 7.11. The van der Waals surface area contributed by atoms with Gasteiger partial charge in [-0.2, -0.15) is 0 Å². The summed E-state index contributed by atoms with van der Waals surface area (Å²) in [5.41, 5.74) is 0.375. The van der Waals surface area contributed by atoms with E-state index in [4.69, 9.17) is 9.47 Å². The van der Waals surface area contributed by atoms with Gasteiger partial charge in [-0.15, -0.1) is 0 Å². The van der Waals surface area contributed by atoms with Gasteiger partial charge >= 0.3 is 11.9 Å².